The number of para-hydroxylation sites is 2. The van der Waals surface area contributed by atoms with Gasteiger partial charge in [-0.05, 0) is 89.7 Å². The molecule has 0 amide bonds. The second-order valence-electron chi connectivity index (χ2n) is 9.92. The Labute approximate surface area is 212 Å². The molecule has 5 aromatic carbocycles. The van der Waals surface area contributed by atoms with E-state index in [1.54, 1.807) is 0 Å². The van der Waals surface area contributed by atoms with Crippen LogP contribution in [-0.4, -0.2) is 4.57 Å². The third kappa shape index (κ3) is 4.27. The third-order valence-corrected chi connectivity index (χ3v) is 6.77. The minimum atomic E-state index is 0.628. The quantitative estimate of drug-likeness (QED) is 0.259. The molecule has 0 saturated heterocycles. The van der Waals surface area contributed by atoms with Gasteiger partial charge in [-0.25, -0.2) is 0 Å². The van der Waals surface area contributed by atoms with Crippen LogP contribution in [-0.2, 0) is 6.42 Å². The van der Waals surface area contributed by atoms with E-state index in [0.29, 0.717) is 5.92 Å². The molecule has 1 heterocycles. The number of fused-ring (bicyclic) bond motifs is 3. The summed E-state index contributed by atoms with van der Waals surface area (Å²) in [5, 5.41) is 6.09. The Kier molecular flexibility index (Phi) is 5.79. The number of benzene rings is 5. The van der Waals surface area contributed by atoms with Gasteiger partial charge in [0.2, 0.25) is 0 Å². The predicted molar refractivity (Wildman–Crippen MR) is 154 cm³/mol. The van der Waals surface area contributed by atoms with E-state index in [2.05, 4.69) is 127 Å². The number of hydrogen-bond donors (Lipinski definition) is 1. The highest BCUT2D eigenvalue weighted by Crippen LogP contribution is 2.36. The number of aromatic nitrogens is 1. The highest BCUT2D eigenvalue weighted by atomic mass is 15.0. The maximum absolute atomic E-state index is 3.48. The van der Waals surface area contributed by atoms with Gasteiger partial charge in [0.15, 0.2) is 0 Å². The Morgan fingerprint density at radius 2 is 1.17 bits per heavy atom. The summed E-state index contributed by atoms with van der Waals surface area (Å²) >= 11 is 0. The fraction of sp³-hybridized carbons (Fsp3) is 0.118. The Morgan fingerprint density at radius 1 is 0.583 bits per heavy atom. The summed E-state index contributed by atoms with van der Waals surface area (Å²) in [5.74, 6) is 0.628. The molecule has 0 spiro atoms. The molecule has 2 nitrogen and oxygen atoms in total. The molecule has 0 atom stereocenters. The number of anilines is 2. The van der Waals surface area contributed by atoms with Crippen LogP contribution in [0.3, 0.4) is 0 Å². The summed E-state index contributed by atoms with van der Waals surface area (Å²) in [6.45, 7) is 4.57. The van der Waals surface area contributed by atoms with Crippen molar-refractivity contribution >= 4 is 33.2 Å². The molecule has 6 aromatic rings. The van der Waals surface area contributed by atoms with E-state index in [-0.39, 0.29) is 0 Å². The average molecular weight is 467 g/mol. The van der Waals surface area contributed by atoms with Crippen LogP contribution in [0.2, 0.25) is 0 Å². The molecule has 0 saturated carbocycles. The van der Waals surface area contributed by atoms with E-state index in [9.17, 15) is 0 Å². The summed E-state index contributed by atoms with van der Waals surface area (Å²) in [5.41, 5.74) is 9.71. The van der Waals surface area contributed by atoms with Gasteiger partial charge >= 0.3 is 0 Å². The van der Waals surface area contributed by atoms with E-state index < -0.39 is 0 Å². The number of hydrogen-bond acceptors (Lipinski definition) is 1. The fourth-order valence-corrected chi connectivity index (χ4v) is 5.14. The zero-order valence-corrected chi connectivity index (χ0v) is 20.8. The molecule has 0 aliphatic heterocycles. The molecular formula is C34H30N2. The molecule has 0 fully saturated rings. The number of rotatable bonds is 6. The van der Waals surface area contributed by atoms with Crippen LogP contribution < -0.4 is 5.32 Å². The van der Waals surface area contributed by atoms with Crippen molar-refractivity contribution in [1.82, 2.24) is 4.57 Å². The first kappa shape index (κ1) is 22.2. The third-order valence-electron chi connectivity index (χ3n) is 6.77. The highest BCUT2D eigenvalue weighted by Gasteiger charge is 2.14. The monoisotopic (exact) mass is 466 g/mol. The van der Waals surface area contributed by atoms with Gasteiger partial charge in [-0.2, -0.15) is 0 Å². The summed E-state index contributed by atoms with van der Waals surface area (Å²) in [7, 11) is 0. The van der Waals surface area contributed by atoms with Gasteiger partial charge in [0.25, 0.3) is 0 Å². The van der Waals surface area contributed by atoms with Crippen molar-refractivity contribution in [3.8, 4) is 16.8 Å². The zero-order valence-electron chi connectivity index (χ0n) is 20.8. The van der Waals surface area contributed by atoms with Gasteiger partial charge in [0.1, 0.15) is 0 Å². The molecule has 6 rings (SSSR count). The summed E-state index contributed by atoms with van der Waals surface area (Å²) in [6.07, 6.45) is 1.09. The minimum Gasteiger partial charge on any atom is -0.356 e. The molecule has 36 heavy (non-hydrogen) atoms. The van der Waals surface area contributed by atoms with Crippen LogP contribution in [0.5, 0.6) is 0 Å². The lowest BCUT2D eigenvalue weighted by Gasteiger charge is -2.09. The molecule has 0 bridgehead atoms. The molecule has 0 aliphatic carbocycles. The largest absolute Gasteiger partial charge is 0.356 e. The smallest absolute Gasteiger partial charge is 0.0541 e. The first-order valence-electron chi connectivity index (χ1n) is 12.7. The Bertz CT molecular complexity index is 1630. The standard InChI is InChI=1S/C34H30N2/c1-24(2)21-25-13-19-33-31(22-25)32-23-27(16-20-34(32)36(33)30-11-7-4-8-12-30)26-14-17-29(18-15-26)35-28-9-5-3-6-10-28/h3-20,22-24,35H,21H2,1-2H3. The average Bonchev–Trinajstić information content (AvgIpc) is 3.23. The molecule has 1 N–H and O–H groups in total. The van der Waals surface area contributed by atoms with Gasteiger partial charge in [-0.3, -0.25) is 0 Å². The number of nitrogens with one attached hydrogen (secondary N) is 1. The topological polar surface area (TPSA) is 17.0 Å². The van der Waals surface area contributed by atoms with Crippen LogP contribution in [0.1, 0.15) is 19.4 Å². The van der Waals surface area contributed by atoms with E-state index in [4.69, 9.17) is 0 Å². The molecule has 2 heteroatoms. The second-order valence-corrected chi connectivity index (χ2v) is 9.92. The van der Waals surface area contributed by atoms with Gasteiger partial charge < -0.3 is 9.88 Å². The van der Waals surface area contributed by atoms with Crippen LogP contribution >= 0.6 is 0 Å². The van der Waals surface area contributed by atoms with Gasteiger partial charge in [0, 0.05) is 27.8 Å². The van der Waals surface area contributed by atoms with E-state index in [1.165, 1.54) is 44.2 Å². The summed E-state index contributed by atoms with van der Waals surface area (Å²) < 4.78 is 2.39. The Morgan fingerprint density at radius 3 is 1.86 bits per heavy atom. The van der Waals surface area contributed by atoms with E-state index in [0.717, 1.165) is 17.8 Å². The van der Waals surface area contributed by atoms with E-state index in [1.807, 2.05) is 18.2 Å². The second kappa shape index (κ2) is 9.39. The lowest BCUT2D eigenvalue weighted by molar-refractivity contribution is 0.648. The highest BCUT2D eigenvalue weighted by molar-refractivity contribution is 6.10. The van der Waals surface area contributed by atoms with Gasteiger partial charge in [0.05, 0.1) is 11.0 Å². The Balaban J connectivity index is 1.45. The lowest BCUT2D eigenvalue weighted by atomic mass is 9.99. The molecule has 1 aromatic heterocycles. The molecule has 0 unspecified atom stereocenters. The summed E-state index contributed by atoms with van der Waals surface area (Å²) in [6, 6.07) is 43.5. The van der Waals surface area contributed by atoms with E-state index >= 15 is 0 Å². The maximum Gasteiger partial charge on any atom is 0.0541 e. The normalized spacial score (nSPS) is 11.4. The van der Waals surface area contributed by atoms with Crippen molar-refractivity contribution in [1.29, 1.82) is 0 Å². The van der Waals surface area contributed by atoms with Crippen molar-refractivity contribution in [2.24, 2.45) is 5.92 Å². The Hall–Kier alpha value is -4.30. The first-order chi connectivity index (χ1) is 17.7. The predicted octanol–water partition coefficient (Wildman–Crippen LogP) is 9.39. The molecular weight excluding hydrogens is 436 g/mol. The number of nitrogens with zero attached hydrogens (tertiary/aromatic N) is 1. The zero-order chi connectivity index (χ0) is 24.5. The van der Waals surface area contributed by atoms with Crippen LogP contribution in [0.25, 0.3) is 38.6 Å². The maximum atomic E-state index is 3.48. The van der Waals surface area contributed by atoms with Crippen molar-refractivity contribution in [3.05, 3.63) is 127 Å². The van der Waals surface area contributed by atoms with Crippen molar-refractivity contribution in [3.63, 3.8) is 0 Å². The molecule has 0 aliphatic rings. The van der Waals surface area contributed by atoms with Crippen molar-refractivity contribution in [2.45, 2.75) is 20.3 Å². The van der Waals surface area contributed by atoms with Gasteiger partial charge in [-0.15, -0.1) is 0 Å². The lowest BCUT2D eigenvalue weighted by Crippen LogP contribution is -1.95. The minimum absolute atomic E-state index is 0.628. The molecule has 176 valence electrons. The van der Waals surface area contributed by atoms with Gasteiger partial charge in [-0.1, -0.05) is 74.5 Å². The van der Waals surface area contributed by atoms with Crippen molar-refractivity contribution in [2.75, 3.05) is 5.32 Å². The fourth-order valence-electron chi connectivity index (χ4n) is 5.14. The SMILES string of the molecule is CC(C)Cc1ccc2c(c1)c1cc(-c3ccc(Nc4ccccc4)cc3)ccc1n2-c1ccccc1. The van der Waals surface area contributed by atoms with Crippen LogP contribution in [0, 0.1) is 5.92 Å². The van der Waals surface area contributed by atoms with Crippen LogP contribution in [0.15, 0.2) is 121 Å². The van der Waals surface area contributed by atoms with Crippen molar-refractivity contribution < 1.29 is 0 Å². The molecule has 0 radical (unpaired) electrons. The van der Waals surface area contributed by atoms with Crippen LogP contribution in [0.4, 0.5) is 11.4 Å². The first-order valence-corrected chi connectivity index (χ1v) is 12.7. The summed E-state index contributed by atoms with van der Waals surface area (Å²) in [4.78, 5) is 0.